The first-order valence-electron chi connectivity index (χ1n) is 6.27. The Hall–Kier alpha value is -2.77. The third kappa shape index (κ3) is 3.27. The lowest BCUT2D eigenvalue weighted by Gasteiger charge is -2.08. The summed E-state index contributed by atoms with van der Waals surface area (Å²) < 4.78 is 39.1. The quantitative estimate of drug-likeness (QED) is 0.353. The first-order chi connectivity index (χ1) is 10.3. The van der Waals surface area contributed by atoms with Crippen LogP contribution in [0.5, 0.6) is 0 Å². The van der Waals surface area contributed by atoms with Gasteiger partial charge in [0.2, 0.25) is 5.96 Å². The number of alkyl halides is 3. The van der Waals surface area contributed by atoms with Crippen LogP contribution in [-0.4, -0.2) is 29.4 Å². The molecule has 0 spiro atoms. The number of halogens is 3. The Morgan fingerprint density at radius 3 is 2.45 bits per heavy atom. The van der Waals surface area contributed by atoms with Crippen LogP contribution < -0.4 is 11.2 Å². The Morgan fingerprint density at radius 2 is 1.91 bits per heavy atom. The highest BCUT2D eigenvalue weighted by Gasteiger charge is 2.30. The molecule has 0 bridgehead atoms. The highest BCUT2D eigenvalue weighted by molar-refractivity contribution is 5.77. The molecule has 2 aromatic rings. The van der Waals surface area contributed by atoms with E-state index in [2.05, 4.69) is 22.1 Å². The van der Waals surface area contributed by atoms with Gasteiger partial charge in [0.05, 0.1) is 24.0 Å². The summed E-state index contributed by atoms with van der Waals surface area (Å²) in [7, 11) is 1.52. The fourth-order valence-corrected chi connectivity index (χ4v) is 1.90. The lowest BCUT2D eigenvalue weighted by Crippen LogP contribution is -2.37. The zero-order chi connectivity index (χ0) is 16.3. The van der Waals surface area contributed by atoms with Crippen LogP contribution in [0, 0.1) is 0 Å². The molecule has 0 saturated carbocycles. The molecule has 22 heavy (non-hydrogen) atoms. The largest absolute Gasteiger partial charge is 0.416 e. The number of benzene rings is 1. The highest BCUT2D eigenvalue weighted by atomic mass is 19.4. The predicted molar refractivity (Wildman–Crippen MR) is 79.0 cm³/mol. The molecule has 1 aromatic carbocycles. The predicted octanol–water partition coefficient (Wildman–Crippen LogP) is 2.49. The zero-order valence-electron chi connectivity index (χ0n) is 11.8. The van der Waals surface area contributed by atoms with E-state index in [4.69, 9.17) is 5.73 Å². The minimum Gasteiger partial charge on any atom is -0.367 e. The summed E-state index contributed by atoms with van der Waals surface area (Å²) in [6, 6.07) is 6.61. The van der Waals surface area contributed by atoms with Crippen molar-refractivity contribution in [2.75, 3.05) is 7.05 Å². The Kier molecular flexibility index (Phi) is 4.20. The lowest BCUT2D eigenvalue weighted by molar-refractivity contribution is -0.481. The number of nitrogens with one attached hydrogen (secondary N) is 2. The van der Waals surface area contributed by atoms with Crippen LogP contribution in [0.4, 0.5) is 19.0 Å². The number of hydrazone groups is 1. The van der Waals surface area contributed by atoms with E-state index >= 15 is 0 Å². The highest BCUT2D eigenvalue weighted by Crippen LogP contribution is 2.33. The summed E-state index contributed by atoms with van der Waals surface area (Å²) in [6.07, 6.45) is -2.70. The van der Waals surface area contributed by atoms with Gasteiger partial charge in [-0.15, -0.1) is 4.68 Å². The van der Waals surface area contributed by atoms with Crippen molar-refractivity contribution < 1.29 is 17.9 Å². The number of rotatable bonds is 3. The van der Waals surface area contributed by atoms with E-state index in [1.807, 2.05) is 0 Å². The van der Waals surface area contributed by atoms with Crippen LogP contribution in [-0.2, 0) is 6.18 Å². The SMILES string of the molecule is C=[N+](NC(N)=NC)c1[nH]ccc1-c1ccc(C(F)(F)F)cc1. The normalized spacial score (nSPS) is 12.3. The molecule has 0 aliphatic heterocycles. The average molecular weight is 310 g/mol. The topological polar surface area (TPSA) is 69.2 Å². The third-order valence-corrected chi connectivity index (χ3v) is 3.01. The minimum atomic E-state index is -4.36. The Bertz CT molecular complexity index is 698. The Morgan fingerprint density at radius 1 is 1.27 bits per heavy atom. The summed E-state index contributed by atoms with van der Waals surface area (Å²) in [4.78, 5) is 6.69. The van der Waals surface area contributed by atoms with E-state index < -0.39 is 11.7 Å². The molecule has 0 aliphatic rings. The summed E-state index contributed by atoms with van der Waals surface area (Å²) in [6.45, 7) is 3.76. The molecular formula is C14H15F3N5+. The monoisotopic (exact) mass is 310 g/mol. The molecule has 0 unspecified atom stereocenters. The molecule has 0 amide bonds. The molecule has 1 heterocycles. The maximum absolute atomic E-state index is 12.6. The molecule has 4 N–H and O–H groups in total. The number of aliphatic imine (C=N–C) groups is 1. The van der Waals surface area contributed by atoms with Crippen LogP contribution in [0.25, 0.3) is 11.1 Å². The van der Waals surface area contributed by atoms with Gasteiger partial charge in [-0.05, 0) is 23.8 Å². The van der Waals surface area contributed by atoms with Crippen LogP contribution in [0.1, 0.15) is 5.56 Å². The van der Waals surface area contributed by atoms with Gasteiger partial charge >= 0.3 is 12.0 Å². The van der Waals surface area contributed by atoms with Crippen molar-refractivity contribution >= 4 is 18.5 Å². The molecule has 1 aromatic heterocycles. The number of hydrogen-bond acceptors (Lipinski definition) is 1. The second-order valence-electron chi connectivity index (χ2n) is 4.46. The van der Waals surface area contributed by atoms with E-state index in [1.165, 1.54) is 23.9 Å². The number of aromatic amines is 1. The zero-order valence-corrected chi connectivity index (χ0v) is 11.8. The number of hydrogen-bond donors (Lipinski definition) is 3. The van der Waals surface area contributed by atoms with Crippen molar-refractivity contribution in [3.05, 3.63) is 42.1 Å². The molecule has 0 saturated heterocycles. The number of H-pyrrole nitrogens is 1. The van der Waals surface area contributed by atoms with Gasteiger partial charge in [-0.2, -0.15) is 18.6 Å². The Balaban J connectivity index is 2.31. The molecule has 116 valence electrons. The van der Waals surface area contributed by atoms with Crippen molar-refractivity contribution in [3.63, 3.8) is 0 Å². The third-order valence-electron chi connectivity index (χ3n) is 3.01. The summed E-state index contributed by atoms with van der Waals surface area (Å²) in [5.74, 6) is 0.703. The fourth-order valence-electron chi connectivity index (χ4n) is 1.90. The maximum atomic E-state index is 12.6. The molecular weight excluding hydrogens is 295 g/mol. The molecule has 0 atom stereocenters. The van der Waals surface area contributed by atoms with E-state index in [-0.39, 0.29) is 5.96 Å². The fraction of sp³-hybridized carbons (Fsp3) is 0.143. The van der Waals surface area contributed by atoms with Crippen LogP contribution in [0.3, 0.4) is 0 Å². The van der Waals surface area contributed by atoms with Crippen molar-refractivity contribution in [1.29, 1.82) is 0 Å². The van der Waals surface area contributed by atoms with Gasteiger partial charge in [-0.3, -0.25) is 4.99 Å². The number of hydrazine groups is 1. The maximum Gasteiger partial charge on any atom is 0.416 e. The molecule has 0 radical (unpaired) electrons. The van der Waals surface area contributed by atoms with Crippen molar-refractivity contribution in [2.45, 2.75) is 6.18 Å². The average Bonchev–Trinajstić information content (AvgIpc) is 2.95. The number of nitrogens with two attached hydrogens (primary N) is 1. The molecule has 0 aliphatic carbocycles. The van der Waals surface area contributed by atoms with Crippen LogP contribution >= 0.6 is 0 Å². The summed E-state index contributed by atoms with van der Waals surface area (Å²) in [5, 5.41) is 0. The van der Waals surface area contributed by atoms with Gasteiger partial charge < -0.3 is 5.73 Å². The lowest BCUT2D eigenvalue weighted by atomic mass is 10.1. The van der Waals surface area contributed by atoms with E-state index in [0.29, 0.717) is 16.9 Å². The van der Waals surface area contributed by atoms with Crippen molar-refractivity contribution in [2.24, 2.45) is 10.7 Å². The number of nitrogens with zero attached hydrogens (tertiary/aromatic N) is 2. The van der Waals surface area contributed by atoms with Crippen LogP contribution in [0.15, 0.2) is 41.5 Å². The van der Waals surface area contributed by atoms with Crippen LogP contribution in [0.2, 0.25) is 0 Å². The van der Waals surface area contributed by atoms with Gasteiger partial charge in [-0.1, -0.05) is 12.1 Å². The van der Waals surface area contributed by atoms with Crippen molar-refractivity contribution in [3.8, 4) is 11.1 Å². The van der Waals surface area contributed by atoms with E-state index in [1.54, 1.807) is 12.3 Å². The first-order valence-corrected chi connectivity index (χ1v) is 6.27. The molecule has 5 nitrogen and oxygen atoms in total. The van der Waals surface area contributed by atoms with E-state index in [0.717, 1.165) is 12.1 Å². The van der Waals surface area contributed by atoms with Gasteiger partial charge in [0.25, 0.3) is 0 Å². The Labute approximate surface area is 125 Å². The summed E-state index contributed by atoms with van der Waals surface area (Å²) in [5.41, 5.74) is 8.88. The summed E-state index contributed by atoms with van der Waals surface area (Å²) >= 11 is 0. The smallest absolute Gasteiger partial charge is 0.367 e. The van der Waals surface area contributed by atoms with Gasteiger partial charge in [0.15, 0.2) is 0 Å². The molecule has 2 rings (SSSR count). The molecule has 8 heteroatoms. The van der Waals surface area contributed by atoms with E-state index in [9.17, 15) is 13.2 Å². The number of aromatic nitrogens is 1. The van der Waals surface area contributed by atoms with Crippen molar-refractivity contribution in [1.82, 2.24) is 10.4 Å². The van der Waals surface area contributed by atoms with Gasteiger partial charge in [0.1, 0.15) is 0 Å². The second kappa shape index (κ2) is 5.92. The first kappa shape index (κ1) is 15.6. The minimum absolute atomic E-state index is 0.156. The standard InChI is InChI=1S/C14H15F3N5/c1-19-13(18)21-22(2)12-11(7-8-20-12)9-3-5-10(6-4-9)14(15,16)17/h3-8,20H,2H2,1H3,(H3,18,19,21)/q+1. The number of guanidine groups is 1. The van der Waals surface area contributed by atoms with Gasteiger partial charge in [-0.25, -0.2) is 4.98 Å². The van der Waals surface area contributed by atoms with Gasteiger partial charge in [0, 0.05) is 7.05 Å². The second-order valence-corrected chi connectivity index (χ2v) is 4.46. The molecule has 0 fully saturated rings.